The van der Waals surface area contributed by atoms with Crippen LogP contribution < -0.4 is 11.1 Å². The van der Waals surface area contributed by atoms with E-state index in [9.17, 15) is 9.59 Å². The number of pyridine rings is 1. The maximum atomic E-state index is 11.3. The van der Waals surface area contributed by atoms with Gasteiger partial charge >= 0.3 is 6.09 Å². The number of anilines is 1. The summed E-state index contributed by atoms with van der Waals surface area (Å²) >= 11 is 0. The molecular formula is C11H15N3O3. The summed E-state index contributed by atoms with van der Waals surface area (Å²) in [6.07, 6.45) is 1.39. The monoisotopic (exact) mass is 237 g/mol. The Labute approximate surface area is 99.2 Å². The van der Waals surface area contributed by atoms with Gasteiger partial charge in [-0.3, -0.25) is 10.1 Å². The second-order valence-electron chi connectivity index (χ2n) is 3.55. The van der Waals surface area contributed by atoms with Crippen LogP contribution in [0.4, 0.5) is 10.5 Å². The van der Waals surface area contributed by atoms with E-state index in [0.717, 1.165) is 6.42 Å². The zero-order valence-electron chi connectivity index (χ0n) is 9.77. The van der Waals surface area contributed by atoms with Crippen molar-refractivity contribution in [1.29, 1.82) is 0 Å². The van der Waals surface area contributed by atoms with Crippen LogP contribution in [-0.4, -0.2) is 23.1 Å². The molecule has 3 N–H and O–H groups in total. The van der Waals surface area contributed by atoms with Crippen molar-refractivity contribution in [3.63, 3.8) is 0 Å². The summed E-state index contributed by atoms with van der Waals surface area (Å²) in [6, 6.07) is 2.96. The normalized spacial score (nSPS) is 11.6. The second kappa shape index (κ2) is 5.83. The van der Waals surface area contributed by atoms with Crippen molar-refractivity contribution in [1.82, 2.24) is 4.98 Å². The van der Waals surface area contributed by atoms with Crippen molar-refractivity contribution in [2.24, 2.45) is 5.73 Å². The summed E-state index contributed by atoms with van der Waals surface area (Å²) in [5.74, 6) is -0.612. The summed E-state index contributed by atoms with van der Waals surface area (Å²) in [7, 11) is 0. The Kier molecular flexibility index (Phi) is 4.45. The molecule has 0 aliphatic rings. The molecule has 17 heavy (non-hydrogen) atoms. The lowest BCUT2D eigenvalue weighted by molar-refractivity contribution is 0.0995. The average molecular weight is 237 g/mol. The molecule has 0 saturated carbocycles. The zero-order valence-corrected chi connectivity index (χ0v) is 9.77. The Morgan fingerprint density at radius 3 is 2.71 bits per heavy atom. The van der Waals surface area contributed by atoms with Gasteiger partial charge in [0, 0.05) is 0 Å². The van der Waals surface area contributed by atoms with Gasteiger partial charge in [-0.1, -0.05) is 6.92 Å². The Bertz CT molecular complexity index is 403. The smallest absolute Gasteiger partial charge is 0.411 e. The summed E-state index contributed by atoms with van der Waals surface area (Å²) in [4.78, 5) is 25.9. The van der Waals surface area contributed by atoms with Gasteiger partial charge in [0.05, 0.1) is 11.9 Å². The van der Waals surface area contributed by atoms with Crippen LogP contribution >= 0.6 is 0 Å². The predicted molar refractivity (Wildman–Crippen MR) is 62.6 cm³/mol. The molecule has 1 aromatic heterocycles. The first-order valence-electron chi connectivity index (χ1n) is 5.26. The standard InChI is InChI=1S/C11H15N3O3/c1-3-7(2)17-11(16)14-8-4-5-9(10(12)15)13-6-8/h4-7H,3H2,1-2H3,(H2,12,15)(H,14,16). The SMILES string of the molecule is CCC(C)OC(=O)Nc1ccc(C(N)=O)nc1. The maximum absolute atomic E-state index is 11.3. The molecular weight excluding hydrogens is 222 g/mol. The lowest BCUT2D eigenvalue weighted by Crippen LogP contribution is -2.20. The van der Waals surface area contributed by atoms with Gasteiger partial charge in [0.2, 0.25) is 0 Å². The fourth-order valence-corrected chi connectivity index (χ4v) is 1.03. The van der Waals surface area contributed by atoms with Crippen LogP contribution in [0.2, 0.25) is 0 Å². The molecule has 0 aromatic carbocycles. The highest BCUT2D eigenvalue weighted by Gasteiger charge is 2.08. The number of hydrogen-bond donors (Lipinski definition) is 2. The Morgan fingerprint density at radius 1 is 1.53 bits per heavy atom. The molecule has 2 amide bonds. The molecule has 0 saturated heterocycles. The molecule has 6 heteroatoms. The average Bonchev–Trinajstić information content (AvgIpc) is 2.29. The molecule has 0 spiro atoms. The Balaban J connectivity index is 2.57. The highest BCUT2D eigenvalue weighted by Crippen LogP contribution is 2.07. The van der Waals surface area contributed by atoms with E-state index in [1.807, 2.05) is 6.92 Å². The van der Waals surface area contributed by atoms with Crippen LogP contribution in [0.3, 0.4) is 0 Å². The second-order valence-corrected chi connectivity index (χ2v) is 3.55. The topological polar surface area (TPSA) is 94.3 Å². The molecule has 1 rings (SSSR count). The van der Waals surface area contributed by atoms with Crippen molar-refractivity contribution in [3.8, 4) is 0 Å². The fourth-order valence-electron chi connectivity index (χ4n) is 1.03. The van der Waals surface area contributed by atoms with Gasteiger partial charge in [-0.15, -0.1) is 0 Å². The molecule has 1 aromatic rings. The number of carbonyl (C=O) groups is 2. The third kappa shape index (κ3) is 4.10. The van der Waals surface area contributed by atoms with Gasteiger partial charge in [-0.25, -0.2) is 9.78 Å². The molecule has 1 atom stereocenters. The van der Waals surface area contributed by atoms with Gasteiger partial charge in [0.25, 0.3) is 5.91 Å². The van der Waals surface area contributed by atoms with Crippen LogP contribution in [0, 0.1) is 0 Å². The van der Waals surface area contributed by atoms with E-state index in [1.54, 1.807) is 6.92 Å². The molecule has 92 valence electrons. The van der Waals surface area contributed by atoms with E-state index >= 15 is 0 Å². The molecule has 0 fully saturated rings. The number of amides is 2. The fraction of sp³-hybridized carbons (Fsp3) is 0.364. The first kappa shape index (κ1) is 13.0. The van der Waals surface area contributed by atoms with Crippen molar-refractivity contribution in [2.75, 3.05) is 5.32 Å². The molecule has 0 aliphatic carbocycles. The number of primary amides is 1. The predicted octanol–water partition coefficient (Wildman–Crippen LogP) is 1.53. The number of nitrogens with two attached hydrogens (primary N) is 1. The Morgan fingerprint density at radius 2 is 2.24 bits per heavy atom. The van der Waals surface area contributed by atoms with Gasteiger partial charge < -0.3 is 10.5 Å². The van der Waals surface area contributed by atoms with Crippen LogP contribution in [-0.2, 0) is 4.74 Å². The maximum Gasteiger partial charge on any atom is 0.411 e. The van der Waals surface area contributed by atoms with E-state index in [2.05, 4.69) is 10.3 Å². The van der Waals surface area contributed by atoms with E-state index in [1.165, 1.54) is 18.3 Å². The number of ether oxygens (including phenoxy) is 1. The molecule has 6 nitrogen and oxygen atoms in total. The number of nitrogens with zero attached hydrogens (tertiary/aromatic N) is 1. The minimum absolute atomic E-state index is 0.144. The summed E-state index contributed by atoms with van der Waals surface area (Å²) in [5, 5.41) is 2.50. The molecule has 1 heterocycles. The van der Waals surface area contributed by atoms with Crippen LogP contribution in [0.5, 0.6) is 0 Å². The van der Waals surface area contributed by atoms with Gasteiger partial charge in [-0.05, 0) is 25.5 Å². The van der Waals surface area contributed by atoms with Crippen molar-refractivity contribution in [2.45, 2.75) is 26.4 Å². The van der Waals surface area contributed by atoms with E-state index in [4.69, 9.17) is 10.5 Å². The number of rotatable bonds is 4. The lowest BCUT2D eigenvalue weighted by atomic mass is 10.3. The first-order valence-corrected chi connectivity index (χ1v) is 5.26. The zero-order chi connectivity index (χ0) is 12.8. The number of nitrogens with one attached hydrogen (secondary N) is 1. The van der Waals surface area contributed by atoms with Gasteiger partial charge in [-0.2, -0.15) is 0 Å². The summed E-state index contributed by atoms with van der Waals surface area (Å²) in [6.45, 7) is 3.72. The minimum Gasteiger partial charge on any atom is -0.446 e. The number of aromatic nitrogens is 1. The number of hydrogen-bond acceptors (Lipinski definition) is 4. The largest absolute Gasteiger partial charge is 0.446 e. The molecule has 0 aliphatic heterocycles. The van der Waals surface area contributed by atoms with Crippen LogP contribution in [0.1, 0.15) is 30.8 Å². The Hall–Kier alpha value is -2.11. The van der Waals surface area contributed by atoms with E-state index in [-0.39, 0.29) is 11.8 Å². The third-order valence-corrected chi connectivity index (χ3v) is 2.15. The highest BCUT2D eigenvalue weighted by molar-refractivity contribution is 5.91. The minimum atomic E-state index is -0.612. The summed E-state index contributed by atoms with van der Waals surface area (Å²) in [5.41, 5.74) is 5.63. The van der Waals surface area contributed by atoms with Crippen molar-refractivity contribution in [3.05, 3.63) is 24.0 Å². The van der Waals surface area contributed by atoms with Gasteiger partial charge in [0.15, 0.2) is 0 Å². The third-order valence-electron chi connectivity index (χ3n) is 2.15. The summed E-state index contributed by atoms with van der Waals surface area (Å²) < 4.78 is 5.01. The lowest BCUT2D eigenvalue weighted by Gasteiger charge is -2.11. The number of carbonyl (C=O) groups excluding carboxylic acids is 2. The highest BCUT2D eigenvalue weighted by atomic mass is 16.6. The van der Waals surface area contributed by atoms with E-state index in [0.29, 0.717) is 5.69 Å². The van der Waals surface area contributed by atoms with Crippen LogP contribution in [0.25, 0.3) is 0 Å². The van der Waals surface area contributed by atoms with Crippen LogP contribution in [0.15, 0.2) is 18.3 Å². The van der Waals surface area contributed by atoms with Crippen molar-refractivity contribution >= 4 is 17.7 Å². The molecule has 1 unspecified atom stereocenters. The van der Waals surface area contributed by atoms with E-state index < -0.39 is 12.0 Å². The quantitative estimate of drug-likeness (QED) is 0.830. The molecule has 0 bridgehead atoms. The molecule has 0 radical (unpaired) electrons. The first-order chi connectivity index (χ1) is 8.02. The van der Waals surface area contributed by atoms with Crippen molar-refractivity contribution < 1.29 is 14.3 Å². The van der Waals surface area contributed by atoms with Gasteiger partial charge in [0.1, 0.15) is 11.8 Å².